The molecule has 5 heteroatoms. The highest BCUT2D eigenvalue weighted by atomic mass is 16.5. The van der Waals surface area contributed by atoms with E-state index in [2.05, 4.69) is 21.7 Å². The van der Waals surface area contributed by atoms with Gasteiger partial charge in [0.05, 0.1) is 13.3 Å². The average Bonchev–Trinajstić information content (AvgIpc) is 2.31. The first-order valence-electron chi connectivity index (χ1n) is 6.09. The van der Waals surface area contributed by atoms with E-state index in [4.69, 9.17) is 0 Å². The second-order valence-electron chi connectivity index (χ2n) is 4.06. The lowest BCUT2D eigenvalue weighted by molar-refractivity contribution is -0.137. The van der Waals surface area contributed by atoms with Crippen LogP contribution in [0.15, 0.2) is 4.99 Å². The molecule has 0 atom stereocenters. The predicted octanol–water partition coefficient (Wildman–Crippen LogP) is 1.56. The molecule has 1 heterocycles. The van der Waals surface area contributed by atoms with Gasteiger partial charge in [-0.3, -0.25) is 14.6 Å². The van der Waals surface area contributed by atoms with Gasteiger partial charge in [-0.05, 0) is 33.0 Å². The first-order valence-corrected chi connectivity index (χ1v) is 6.09. The standard InChI is InChI=1S/C6H13N.C4H7NO.C3H6O2/c1-7-5-3-2-4-6-7;1-4(6)3-5-2;1-3(4)5-2/h2-6H2,1H3;3H,1-2H3;1-2H3. The van der Waals surface area contributed by atoms with E-state index < -0.39 is 0 Å². The van der Waals surface area contributed by atoms with Crippen molar-refractivity contribution >= 4 is 18.0 Å². The number of hydrogen-bond acceptors (Lipinski definition) is 5. The van der Waals surface area contributed by atoms with Crippen LogP contribution in [0.4, 0.5) is 0 Å². The zero-order valence-electron chi connectivity index (χ0n) is 12.2. The second kappa shape index (κ2) is 13.8. The fraction of sp³-hybridized carbons (Fsp3) is 0.769. The molecule has 0 aromatic rings. The first kappa shape index (κ1) is 19.1. The third kappa shape index (κ3) is 20.2. The molecular formula is C13H26N2O3. The summed E-state index contributed by atoms with van der Waals surface area (Å²) in [6, 6.07) is 0. The first-order chi connectivity index (χ1) is 8.43. The number of likely N-dealkylation sites (tertiary alicyclic amines) is 1. The summed E-state index contributed by atoms with van der Waals surface area (Å²) in [6.07, 6.45) is 5.55. The van der Waals surface area contributed by atoms with E-state index in [0.717, 1.165) is 0 Å². The van der Waals surface area contributed by atoms with Gasteiger partial charge < -0.3 is 9.64 Å². The fourth-order valence-electron chi connectivity index (χ4n) is 1.23. The molecule has 1 aliphatic rings. The Morgan fingerprint density at radius 1 is 1.17 bits per heavy atom. The SMILES string of the molecule is CN1CCCCC1.CN=CC(C)=O.COC(C)=O. The molecule has 0 spiro atoms. The van der Waals surface area contributed by atoms with E-state index in [1.165, 1.54) is 59.5 Å². The molecule has 0 amide bonds. The molecule has 0 radical (unpaired) electrons. The maximum atomic E-state index is 9.89. The van der Waals surface area contributed by atoms with Crippen molar-refractivity contribution in [3.8, 4) is 0 Å². The number of carbonyl (C=O) groups excluding carboxylic acids is 2. The van der Waals surface area contributed by atoms with Gasteiger partial charge in [0.1, 0.15) is 0 Å². The summed E-state index contributed by atoms with van der Waals surface area (Å²) in [4.78, 5) is 25.3. The molecule has 1 aliphatic heterocycles. The largest absolute Gasteiger partial charge is 0.469 e. The summed E-state index contributed by atoms with van der Waals surface area (Å²) in [6.45, 7) is 5.47. The molecule has 0 aliphatic carbocycles. The van der Waals surface area contributed by atoms with Gasteiger partial charge >= 0.3 is 5.97 Å². The summed E-state index contributed by atoms with van der Waals surface area (Å²) >= 11 is 0. The molecule has 1 rings (SSSR count). The Kier molecular flexibility index (Phi) is 14.7. The maximum Gasteiger partial charge on any atom is 0.302 e. The number of aliphatic imine (C=N–C) groups is 1. The lowest BCUT2D eigenvalue weighted by Crippen LogP contribution is -2.24. The Morgan fingerprint density at radius 2 is 1.61 bits per heavy atom. The monoisotopic (exact) mass is 258 g/mol. The van der Waals surface area contributed by atoms with Crippen LogP contribution in [-0.4, -0.2) is 57.2 Å². The molecule has 0 N–H and O–H groups in total. The molecule has 0 aromatic carbocycles. The average molecular weight is 258 g/mol. The van der Waals surface area contributed by atoms with E-state index in [0.29, 0.717) is 0 Å². The lowest BCUT2D eigenvalue weighted by Gasteiger charge is -2.20. The zero-order valence-corrected chi connectivity index (χ0v) is 12.2. The highest BCUT2D eigenvalue weighted by Crippen LogP contribution is 2.04. The van der Waals surface area contributed by atoms with Crippen molar-refractivity contribution in [1.29, 1.82) is 0 Å². The quantitative estimate of drug-likeness (QED) is 0.529. The minimum Gasteiger partial charge on any atom is -0.469 e. The van der Waals surface area contributed by atoms with Crippen LogP contribution in [0, 0.1) is 0 Å². The normalized spacial score (nSPS) is 14.9. The van der Waals surface area contributed by atoms with Gasteiger partial charge in [0.15, 0.2) is 5.78 Å². The summed E-state index contributed by atoms with van der Waals surface area (Å²) < 4.78 is 4.11. The summed E-state index contributed by atoms with van der Waals surface area (Å²) in [7, 11) is 5.11. The van der Waals surface area contributed by atoms with E-state index >= 15 is 0 Å². The van der Waals surface area contributed by atoms with Gasteiger partial charge in [-0.15, -0.1) is 0 Å². The molecular weight excluding hydrogens is 232 g/mol. The molecule has 18 heavy (non-hydrogen) atoms. The third-order valence-corrected chi connectivity index (χ3v) is 2.18. The van der Waals surface area contributed by atoms with Crippen LogP contribution in [0.2, 0.25) is 0 Å². The van der Waals surface area contributed by atoms with E-state index in [9.17, 15) is 9.59 Å². The summed E-state index contributed by atoms with van der Waals surface area (Å²) in [5.74, 6) is -0.248. The van der Waals surface area contributed by atoms with Crippen LogP contribution in [0.25, 0.3) is 0 Å². The summed E-state index contributed by atoms with van der Waals surface area (Å²) in [5, 5.41) is 0. The molecule has 0 aromatic heterocycles. The van der Waals surface area contributed by atoms with Crippen molar-refractivity contribution in [2.75, 3.05) is 34.3 Å². The van der Waals surface area contributed by atoms with Gasteiger partial charge in [0.2, 0.25) is 0 Å². The number of rotatable bonds is 1. The van der Waals surface area contributed by atoms with Crippen LogP contribution in [0.5, 0.6) is 0 Å². The zero-order chi connectivity index (χ0) is 14.4. The van der Waals surface area contributed by atoms with Crippen LogP contribution in [0.1, 0.15) is 33.1 Å². The number of Topliss-reactive ketones (excluding diaryl/α,β-unsaturated/α-hetero) is 1. The number of esters is 1. The molecule has 1 saturated heterocycles. The Morgan fingerprint density at radius 3 is 1.72 bits per heavy atom. The van der Waals surface area contributed by atoms with Crippen molar-refractivity contribution < 1.29 is 14.3 Å². The van der Waals surface area contributed by atoms with Gasteiger partial charge in [-0.2, -0.15) is 0 Å². The number of piperidine rings is 1. The van der Waals surface area contributed by atoms with Crippen LogP contribution in [-0.2, 0) is 14.3 Å². The van der Waals surface area contributed by atoms with Crippen LogP contribution < -0.4 is 0 Å². The van der Waals surface area contributed by atoms with Gasteiger partial charge in [-0.25, -0.2) is 0 Å². The second-order valence-corrected chi connectivity index (χ2v) is 4.06. The molecule has 0 bridgehead atoms. The van der Waals surface area contributed by atoms with Crippen molar-refractivity contribution in [3.05, 3.63) is 0 Å². The Bertz CT molecular complexity index is 247. The Labute approximate surface area is 110 Å². The molecule has 5 nitrogen and oxygen atoms in total. The van der Waals surface area contributed by atoms with Gasteiger partial charge in [0.25, 0.3) is 0 Å². The van der Waals surface area contributed by atoms with Crippen molar-refractivity contribution in [2.45, 2.75) is 33.1 Å². The topological polar surface area (TPSA) is 59.0 Å². The molecule has 1 fully saturated rings. The van der Waals surface area contributed by atoms with Crippen LogP contribution >= 0.6 is 0 Å². The third-order valence-electron chi connectivity index (χ3n) is 2.18. The molecule has 0 saturated carbocycles. The maximum absolute atomic E-state index is 9.89. The minimum atomic E-state index is -0.245. The molecule has 0 unspecified atom stereocenters. The fourth-order valence-corrected chi connectivity index (χ4v) is 1.23. The smallest absolute Gasteiger partial charge is 0.302 e. The highest BCUT2D eigenvalue weighted by molar-refractivity contribution is 6.26. The van der Waals surface area contributed by atoms with Crippen molar-refractivity contribution in [3.63, 3.8) is 0 Å². The number of hydrogen-bond donors (Lipinski definition) is 0. The number of carbonyl (C=O) groups is 2. The van der Waals surface area contributed by atoms with E-state index in [-0.39, 0.29) is 11.8 Å². The molecule has 106 valence electrons. The van der Waals surface area contributed by atoms with E-state index in [1.54, 1.807) is 7.05 Å². The summed E-state index contributed by atoms with van der Waals surface area (Å²) in [5.41, 5.74) is 0. The number of ketones is 1. The Balaban J connectivity index is 0. The Hall–Kier alpha value is -1.23. The van der Waals surface area contributed by atoms with Crippen molar-refractivity contribution in [1.82, 2.24) is 4.90 Å². The van der Waals surface area contributed by atoms with Crippen LogP contribution in [0.3, 0.4) is 0 Å². The lowest BCUT2D eigenvalue weighted by atomic mass is 10.1. The van der Waals surface area contributed by atoms with Gasteiger partial charge in [0, 0.05) is 20.9 Å². The van der Waals surface area contributed by atoms with Gasteiger partial charge in [-0.1, -0.05) is 6.42 Å². The number of ether oxygens (including phenoxy) is 1. The minimum absolute atomic E-state index is 0.00231. The highest BCUT2D eigenvalue weighted by Gasteiger charge is 2.02. The predicted molar refractivity (Wildman–Crippen MR) is 74.1 cm³/mol. The van der Waals surface area contributed by atoms with E-state index in [1.807, 2.05) is 0 Å². The number of methoxy groups -OCH3 is 1. The number of nitrogens with zero attached hydrogens (tertiary/aromatic N) is 2. The van der Waals surface area contributed by atoms with Crippen molar-refractivity contribution in [2.24, 2.45) is 4.99 Å².